The second-order valence-corrected chi connectivity index (χ2v) is 5.52. The van der Waals surface area contributed by atoms with E-state index >= 15 is 0 Å². The number of nitro benzene ring substituents is 1. The Morgan fingerprint density at radius 2 is 2.00 bits per heavy atom. The molecule has 0 bridgehead atoms. The lowest BCUT2D eigenvalue weighted by Gasteiger charge is -2.11. The first-order valence-electron chi connectivity index (χ1n) is 8.00. The molecule has 0 radical (unpaired) electrons. The fourth-order valence-corrected chi connectivity index (χ4v) is 2.26. The monoisotopic (exact) mass is 344 g/mol. The topological polar surface area (TPSA) is 79.6 Å². The van der Waals surface area contributed by atoms with Crippen molar-refractivity contribution in [3.8, 4) is 0 Å². The summed E-state index contributed by atoms with van der Waals surface area (Å²) in [5, 5.41) is 17.2. The summed E-state index contributed by atoms with van der Waals surface area (Å²) in [5.74, 6) is 0.257. The first kappa shape index (κ1) is 18.4. The molecule has 2 N–H and O–H groups in total. The number of halogens is 1. The van der Waals surface area contributed by atoms with Gasteiger partial charge in [0.05, 0.1) is 11.5 Å². The zero-order chi connectivity index (χ0) is 18.2. The van der Waals surface area contributed by atoms with Crippen molar-refractivity contribution in [1.82, 2.24) is 10.6 Å². The number of nitrogens with zero attached hydrogens (tertiary/aromatic N) is 2. The van der Waals surface area contributed by atoms with Crippen LogP contribution < -0.4 is 10.6 Å². The minimum Gasteiger partial charge on any atom is -0.357 e. The van der Waals surface area contributed by atoms with Crippen LogP contribution in [0.2, 0.25) is 0 Å². The molecule has 7 heteroatoms. The molecular weight excluding hydrogens is 323 g/mol. The summed E-state index contributed by atoms with van der Waals surface area (Å²) in [4.78, 5) is 15.1. The maximum atomic E-state index is 13.6. The van der Waals surface area contributed by atoms with Crippen molar-refractivity contribution in [2.45, 2.75) is 26.9 Å². The first-order valence-corrected chi connectivity index (χ1v) is 8.00. The summed E-state index contributed by atoms with van der Waals surface area (Å²) in [5.41, 5.74) is 1.98. The molecule has 0 aliphatic heterocycles. The predicted octanol–water partition coefficient (Wildman–Crippen LogP) is 3.30. The van der Waals surface area contributed by atoms with E-state index < -0.39 is 4.92 Å². The highest BCUT2D eigenvalue weighted by Gasteiger charge is 2.12. The summed E-state index contributed by atoms with van der Waals surface area (Å²) in [7, 11) is 0. The number of aliphatic imine (C=N–C) groups is 1. The minimum atomic E-state index is -0.407. The Labute approximate surface area is 145 Å². The second kappa shape index (κ2) is 8.77. The third-order valence-electron chi connectivity index (χ3n) is 3.63. The van der Waals surface area contributed by atoms with Crippen LogP contribution in [0.1, 0.15) is 23.6 Å². The van der Waals surface area contributed by atoms with Crippen LogP contribution >= 0.6 is 0 Å². The molecule has 25 heavy (non-hydrogen) atoms. The van der Waals surface area contributed by atoms with Gasteiger partial charge in [0, 0.05) is 24.7 Å². The number of guanidine groups is 1. The zero-order valence-corrected chi connectivity index (χ0v) is 14.3. The molecule has 2 rings (SSSR count). The summed E-state index contributed by atoms with van der Waals surface area (Å²) in [6, 6.07) is 11.6. The summed E-state index contributed by atoms with van der Waals surface area (Å²) >= 11 is 0. The van der Waals surface area contributed by atoms with Gasteiger partial charge >= 0.3 is 0 Å². The van der Waals surface area contributed by atoms with E-state index in [9.17, 15) is 14.5 Å². The van der Waals surface area contributed by atoms with Gasteiger partial charge in [-0.2, -0.15) is 0 Å². The smallest absolute Gasteiger partial charge is 0.274 e. The average Bonchev–Trinajstić information content (AvgIpc) is 2.60. The molecule has 0 aliphatic rings. The first-order chi connectivity index (χ1) is 12.0. The van der Waals surface area contributed by atoms with E-state index in [1.807, 2.05) is 13.0 Å². The van der Waals surface area contributed by atoms with Crippen molar-refractivity contribution >= 4 is 11.6 Å². The maximum Gasteiger partial charge on any atom is 0.274 e. The van der Waals surface area contributed by atoms with E-state index in [2.05, 4.69) is 15.6 Å². The summed E-state index contributed by atoms with van der Waals surface area (Å²) in [6.45, 7) is 4.86. The van der Waals surface area contributed by atoms with Gasteiger partial charge in [0.25, 0.3) is 5.69 Å². The molecule has 0 atom stereocenters. The van der Waals surface area contributed by atoms with E-state index in [1.54, 1.807) is 31.2 Å². The lowest BCUT2D eigenvalue weighted by molar-refractivity contribution is -0.385. The van der Waals surface area contributed by atoms with Gasteiger partial charge in [-0.3, -0.25) is 10.1 Å². The predicted molar refractivity (Wildman–Crippen MR) is 95.9 cm³/mol. The SMILES string of the molecule is CCNC(=NCc1ccc(C)c(F)c1)NCc1ccccc1[N+](=O)[O-]. The molecular formula is C18H21FN4O2. The maximum absolute atomic E-state index is 13.6. The van der Waals surface area contributed by atoms with Crippen LogP contribution in [0.4, 0.5) is 10.1 Å². The molecule has 0 heterocycles. The Balaban J connectivity index is 2.07. The second-order valence-electron chi connectivity index (χ2n) is 5.52. The molecule has 0 fully saturated rings. The van der Waals surface area contributed by atoms with Crippen LogP contribution in [0.3, 0.4) is 0 Å². The van der Waals surface area contributed by atoms with E-state index in [4.69, 9.17) is 0 Å². The van der Waals surface area contributed by atoms with E-state index in [0.717, 1.165) is 5.56 Å². The van der Waals surface area contributed by atoms with E-state index in [0.29, 0.717) is 30.2 Å². The Kier molecular flexibility index (Phi) is 6.45. The molecule has 0 aromatic heterocycles. The molecule has 0 aliphatic carbocycles. The van der Waals surface area contributed by atoms with Gasteiger partial charge in [-0.1, -0.05) is 30.3 Å². The highest BCUT2D eigenvalue weighted by Crippen LogP contribution is 2.17. The molecule has 0 spiro atoms. The van der Waals surface area contributed by atoms with Gasteiger partial charge in [0.2, 0.25) is 0 Å². The molecule has 0 saturated heterocycles. The number of hydrogen-bond donors (Lipinski definition) is 2. The van der Waals surface area contributed by atoms with Gasteiger partial charge in [-0.25, -0.2) is 9.38 Å². The Morgan fingerprint density at radius 3 is 2.68 bits per heavy atom. The standard InChI is InChI=1S/C18H21FN4O2/c1-3-20-18(21-11-14-9-8-13(2)16(19)10-14)22-12-15-6-4-5-7-17(15)23(24)25/h4-10H,3,11-12H2,1-2H3,(H2,20,21,22). The largest absolute Gasteiger partial charge is 0.357 e. The van der Waals surface area contributed by atoms with E-state index in [1.165, 1.54) is 12.1 Å². The lowest BCUT2D eigenvalue weighted by Crippen LogP contribution is -2.36. The van der Waals surface area contributed by atoms with Crippen molar-refractivity contribution in [3.05, 3.63) is 75.1 Å². The molecule has 6 nitrogen and oxygen atoms in total. The van der Waals surface area contributed by atoms with Gasteiger partial charge in [0.1, 0.15) is 5.82 Å². The summed E-state index contributed by atoms with van der Waals surface area (Å²) < 4.78 is 13.6. The number of rotatable bonds is 6. The summed E-state index contributed by atoms with van der Waals surface area (Å²) in [6.07, 6.45) is 0. The van der Waals surface area contributed by atoms with Gasteiger partial charge in [-0.05, 0) is 31.0 Å². The molecule has 0 amide bonds. The Morgan fingerprint density at radius 1 is 1.24 bits per heavy atom. The number of hydrogen-bond acceptors (Lipinski definition) is 3. The number of nitrogens with one attached hydrogen (secondary N) is 2. The quantitative estimate of drug-likeness (QED) is 0.365. The zero-order valence-electron chi connectivity index (χ0n) is 14.3. The van der Waals surface area contributed by atoms with Crippen molar-refractivity contribution in [1.29, 1.82) is 0 Å². The van der Waals surface area contributed by atoms with Crippen LogP contribution in [0.15, 0.2) is 47.5 Å². The van der Waals surface area contributed by atoms with Crippen molar-refractivity contribution in [2.75, 3.05) is 6.54 Å². The third kappa shape index (κ3) is 5.27. The normalized spacial score (nSPS) is 11.2. The van der Waals surface area contributed by atoms with E-state index in [-0.39, 0.29) is 18.0 Å². The van der Waals surface area contributed by atoms with Crippen molar-refractivity contribution < 1.29 is 9.31 Å². The molecule has 132 valence electrons. The highest BCUT2D eigenvalue weighted by atomic mass is 19.1. The lowest BCUT2D eigenvalue weighted by atomic mass is 10.1. The van der Waals surface area contributed by atoms with Crippen LogP contribution in [-0.2, 0) is 13.1 Å². The van der Waals surface area contributed by atoms with Crippen LogP contribution in [0.5, 0.6) is 0 Å². The average molecular weight is 344 g/mol. The number of benzene rings is 2. The van der Waals surface area contributed by atoms with Gasteiger partial charge < -0.3 is 10.6 Å². The van der Waals surface area contributed by atoms with Gasteiger partial charge in [0.15, 0.2) is 5.96 Å². The minimum absolute atomic E-state index is 0.0615. The molecule has 0 unspecified atom stereocenters. The van der Waals surface area contributed by atoms with Crippen molar-refractivity contribution in [2.24, 2.45) is 4.99 Å². The Hall–Kier alpha value is -2.96. The molecule has 2 aromatic rings. The molecule has 0 saturated carbocycles. The van der Waals surface area contributed by atoms with Crippen LogP contribution in [0.25, 0.3) is 0 Å². The number of aryl methyl sites for hydroxylation is 1. The fraction of sp³-hybridized carbons (Fsp3) is 0.278. The van der Waals surface area contributed by atoms with Crippen molar-refractivity contribution in [3.63, 3.8) is 0 Å². The third-order valence-corrected chi connectivity index (χ3v) is 3.63. The molecule has 2 aromatic carbocycles. The number of nitro groups is 1. The van der Waals surface area contributed by atoms with Crippen LogP contribution in [0, 0.1) is 22.9 Å². The van der Waals surface area contributed by atoms with Gasteiger partial charge in [-0.15, -0.1) is 0 Å². The highest BCUT2D eigenvalue weighted by molar-refractivity contribution is 5.79. The van der Waals surface area contributed by atoms with Crippen LogP contribution in [-0.4, -0.2) is 17.4 Å². The fourth-order valence-electron chi connectivity index (χ4n) is 2.26. The number of para-hydroxylation sites is 1. The Bertz CT molecular complexity index is 777.